The van der Waals surface area contributed by atoms with E-state index >= 15 is 0 Å². The van der Waals surface area contributed by atoms with Gasteiger partial charge in [-0.05, 0) is 6.92 Å². The van der Waals surface area contributed by atoms with Crippen LogP contribution >= 0.6 is 0 Å². The fraction of sp³-hybridized carbons (Fsp3) is 0.667. The average molecular weight is 213 g/mol. The van der Waals surface area contributed by atoms with Crippen molar-refractivity contribution in [1.82, 2.24) is 9.96 Å². The van der Waals surface area contributed by atoms with Gasteiger partial charge in [-0.1, -0.05) is 0 Å². The quantitative estimate of drug-likeness (QED) is 0.368. The molecular weight excluding hydrogens is 198 g/mol. The fourth-order valence-corrected chi connectivity index (χ4v) is 1.13. The van der Waals surface area contributed by atoms with E-state index in [-0.39, 0.29) is 30.7 Å². The Kier molecular flexibility index (Phi) is 3.65. The molecule has 84 valence electrons. The zero-order chi connectivity index (χ0) is 11.4. The van der Waals surface area contributed by atoms with Crippen molar-refractivity contribution in [3.05, 3.63) is 0 Å². The van der Waals surface area contributed by atoms with E-state index < -0.39 is 0 Å². The molecule has 0 aliphatic carbocycles. The summed E-state index contributed by atoms with van der Waals surface area (Å²) in [4.78, 5) is 33.3. The Hall–Kier alpha value is -1.59. The van der Waals surface area contributed by atoms with E-state index in [4.69, 9.17) is 4.84 Å². The largest absolute Gasteiger partial charge is 0.331 e. The normalized spacial score (nSPS) is 17.3. The highest BCUT2D eigenvalue weighted by atomic mass is 16.7. The average Bonchev–Trinajstić information content (AvgIpc) is 2.48. The van der Waals surface area contributed by atoms with E-state index in [1.165, 1.54) is 0 Å². The van der Waals surface area contributed by atoms with Crippen LogP contribution in [-0.2, 0) is 14.4 Å². The van der Waals surface area contributed by atoms with Gasteiger partial charge in [-0.15, -0.1) is 5.06 Å². The summed E-state index contributed by atoms with van der Waals surface area (Å²) in [6.45, 7) is 2.38. The van der Waals surface area contributed by atoms with Crippen LogP contribution < -0.4 is 0 Å². The third-order valence-corrected chi connectivity index (χ3v) is 1.85. The maximum absolute atomic E-state index is 11.3. The highest BCUT2D eigenvalue weighted by molar-refractivity contribution is 6.01. The number of aliphatic imine (C=N–C) groups is 1. The van der Waals surface area contributed by atoms with E-state index in [0.717, 1.165) is 5.06 Å². The molecule has 2 amide bonds. The van der Waals surface area contributed by atoms with Crippen molar-refractivity contribution in [3.8, 4) is 0 Å². The van der Waals surface area contributed by atoms with Gasteiger partial charge in [0, 0.05) is 33.5 Å². The minimum Gasteiger partial charge on any atom is -0.331 e. The van der Waals surface area contributed by atoms with Gasteiger partial charge in [0.05, 0.1) is 0 Å². The minimum atomic E-state index is -0.314. The van der Waals surface area contributed by atoms with Gasteiger partial charge in [-0.2, -0.15) is 0 Å². The molecule has 0 radical (unpaired) electrons. The predicted octanol–water partition coefficient (Wildman–Crippen LogP) is 0.00450. The molecule has 1 heterocycles. The number of carbonyl (C=O) groups is 2. The van der Waals surface area contributed by atoms with Crippen LogP contribution in [-0.4, -0.2) is 48.4 Å². The summed E-state index contributed by atoms with van der Waals surface area (Å²) in [7, 11) is 3.47. The second-order valence-electron chi connectivity index (χ2n) is 3.32. The molecule has 15 heavy (non-hydrogen) atoms. The Morgan fingerprint density at radius 3 is 2.33 bits per heavy atom. The van der Waals surface area contributed by atoms with Gasteiger partial charge in [-0.3, -0.25) is 9.59 Å². The Morgan fingerprint density at radius 1 is 1.40 bits per heavy atom. The second kappa shape index (κ2) is 4.77. The van der Waals surface area contributed by atoms with Crippen molar-refractivity contribution in [2.45, 2.75) is 19.8 Å². The third-order valence-electron chi connectivity index (χ3n) is 1.85. The van der Waals surface area contributed by atoms with Gasteiger partial charge < -0.3 is 9.74 Å². The number of rotatable bonds is 2. The van der Waals surface area contributed by atoms with Gasteiger partial charge in [0.2, 0.25) is 0 Å². The third kappa shape index (κ3) is 2.68. The van der Waals surface area contributed by atoms with Crippen molar-refractivity contribution in [2.24, 2.45) is 4.99 Å². The molecule has 1 aliphatic heterocycles. The highest BCUT2D eigenvalue weighted by Crippen LogP contribution is 2.12. The van der Waals surface area contributed by atoms with Crippen molar-refractivity contribution in [2.75, 3.05) is 20.6 Å². The number of nitrogens with zero attached hydrogens (tertiary/aromatic N) is 3. The van der Waals surface area contributed by atoms with E-state index in [0.29, 0.717) is 6.54 Å². The van der Waals surface area contributed by atoms with Gasteiger partial charge >= 0.3 is 6.02 Å². The smallest absolute Gasteiger partial charge is 0.315 e. The molecule has 0 aromatic carbocycles. The number of imide groups is 1. The molecule has 0 spiro atoms. The Morgan fingerprint density at radius 2 is 1.93 bits per heavy atom. The number of hydrogen-bond donors (Lipinski definition) is 0. The first-order valence-electron chi connectivity index (χ1n) is 4.81. The van der Waals surface area contributed by atoms with Crippen molar-refractivity contribution >= 4 is 17.8 Å². The molecule has 1 saturated heterocycles. The minimum absolute atomic E-state index is 0.214. The molecule has 0 bridgehead atoms. The molecule has 0 aromatic rings. The number of amidine groups is 1. The van der Waals surface area contributed by atoms with Crippen LogP contribution in [0.3, 0.4) is 0 Å². The lowest BCUT2D eigenvalue weighted by molar-refractivity contribution is -0.168. The maximum atomic E-state index is 11.3. The van der Waals surface area contributed by atoms with Gasteiger partial charge in [0.15, 0.2) is 0 Å². The maximum Gasteiger partial charge on any atom is 0.315 e. The van der Waals surface area contributed by atoms with Crippen LogP contribution in [0.4, 0.5) is 0 Å². The van der Waals surface area contributed by atoms with Crippen LogP contribution in [0.2, 0.25) is 0 Å². The molecule has 1 fully saturated rings. The Bertz CT molecular complexity index is 283. The van der Waals surface area contributed by atoms with E-state index in [9.17, 15) is 9.59 Å². The van der Waals surface area contributed by atoms with Crippen LogP contribution in [0, 0.1) is 0 Å². The summed E-state index contributed by atoms with van der Waals surface area (Å²) in [6.07, 6.45) is 0.428. The lowest BCUT2D eigenvalue weighted by Gasteiger charge is -2.19. The molecule has 1 aliphatic rings. The standard InChI is InChI=1S/C9H15N3O3/c1-4-10-9(11(2)3)15-12-7(13)5-6-8(12)14/h4-6H2,1-3H3/b10-9+. The summed E-state index contributed by atoms with van der Waals surface area (Å²) in [5, 5.41) is 0.786. The molecule has 0 atom stereocenters. The Labute approximate surface area is 88.5 Å². The van der Waals surface area contributed by atoms with Crippen LogP contribution in [0.5, 0.6) is 0 Å². The lowest BCUT2D eigenvalue weighted by atomic mass is 10.4. The monoisotopic (exact) mass is 213 g/mol. The zero-order valence-electron chi connectivity index (χ0n) is 9.19. The van der Waals surface area contributed by atoms with Crippen LogP contribution in [0.15, 0.2) is 4.99 Å². The fourth-order valence-electron chi connectivity index (χ4n) is 1.13. The first kappa shape index (κ1) is 11.5. The van der Waals surface area contributed by atoms with E-state index in [2.05, 4.69) is 4.99 Å². The van der Waals surface area contributed by atoms with E-state index in [1.54, 1.807) is 19.0 Å². The molecular formula is C9H15N3O3. The molecule has 6 nitrogen and oxygen atoms in total. The van der Waals surface area contributed by atoms with Crippen molar-refractivity contribution in [3.63, 3.8) is 0 Å². The summed E-state index contributed by atoms with van der Waals surface area (Å²) < 4.78 is 0. The topological polar surface area (TPSA) is 62.2 Å². The number of hydroxylamine groups is 2. The SMILES string of the molecule is CC/N=C(/ON1C(=O)CCC1=O)N(C)C. The Balaban J connectivity index is 2.70. The summed E-state index contributed by atoms with van der Waals surface area (Å²) in [6, 6.07) is 0.265. The summed E-state index contributed by atoms with van der Waals surface area (Å²) >= 11 is 0. The van der Waals surface area contributed by atoms with Crippen LogP contribution in [0.25, 0.3) is 0 Å². The molecule has 0 N–H and O–H groups in total. The first-order chi connectivity index (χ1) is 7.06. The van der Waals surface area contributed by atoms with E-state index in [1.807, 2.05) is 6.92 Å². The molecule has 1 rings (SSSR count). The lowest BCUT2D eigenvalue weighted by Crippen LogP contribution is -2.37. The van der Waals surface area contributed by atoms with Gasteiger partial charge in [0.25, 0.3) is 11.8 Å². The van der Waals surface area contributed by atoms with Crippen molar-refractivity contribution in [1.29, 1.82) is 0 Å². The number of hydrogen-bond acceptors (Lipinski definition) is 4. The first-order valence-corrected chi connectivity index (χ1v) is 4.81. The zero-order valence-corrected chi connectivity index (χ0v) is 9.19. The van der Waals surface area contributed by atoms with Crippen LogP contribution in [0.1, 0.15) is 19.8 Å². The number of amides is 2. The summed E-state index contributed by atoms with van der Waals surface area (Å²) in [5.41, 5.74) is 0. The number of carbonyl (C=O) groups excluding carboxylic acids is 2. The molecule has 0 unspecified atom stereocenters. The van der Waals surface area contributed by atoms with Crippen molar-refractivity contribution < 1.29 is 14.4 Å². The molecule has 0 aromatic heterocycles. The van der Waals surface area contributed by atoms with Gasteiger partial charge in [0.1, 0.15) is 0 Å². The molecule has 6 heteroatoms. The summed E-state index contributed by atoms with van der Waals surface area (Å²) in [5.74, 6) is -0.628. The second-order valence-corrected chi connectivity index (χ2v) is 3.32. The van der Waals surface area contributed by atoms with Gasteiger partial charge in [-0.25, -0.2) is 4.99 Å². The predicted molar refractivity (Wildman–Crippen MR) is 53.8 cm³/mol. The highest BCUT2D eigenvalue weighted by Gasteiger charge is 2.32. The molecule has 0 saturated carbocycles.